The lowest BCUT2D eigenvalue weighted by atomic mass is 10.1. The number of hydrogen-bond donors (Lipinski definition) is 1. The van der Waals surface area contributed by atoms with Gasteiger partial charge in [-0.05, 0) is 36.2 Å². The number of para-hydroxylation sites is 1. The summed E-state index contributed by atoms with van der Waals surface area (Å²) < 4.78 is 0. The Kier molecular flexibility index (Phi) is 4.35. The minimum absolute atomic E-state index is 0.0897. The van der Waals surface area contributed by atoms with Gasteiger partial charge in [-0.2, -0.15) is 0 Å². The van der Waals surface area contributed by atoms with Crippen LogP contribution in [-0.2, 0) is 16.0 Å². The molecule has 0 atom stereocenters. The summed E-state index contributed by atoms with van der Waals surface area (Å²) in [6, 6.07) is 17.2. The summed E-state index contributed by atoms with van der Waals surface area (Å²) in [6.07, 6.45) is 3.51. The third kappa shape index (κ3) is 3.28. The molecule has 2 heterocycles. The molecule has 0 spiro atoms. The Bertz CT molecular complexity index is 961. The highest BCUT2D eigenvalue weighted by molar-refractivity contribution is 6.01. The predicted molar refractivity (Wildman–Crippen MR) is 102 cm³/mol. The molecule has 0 aliphatic carbocycles. The summed E-state index contributed by atoms with van der Waals surface area (Å²) in [5, 5.41) is 3.93. The second kappa shape index (κ2) is 6.96. The molecule has 5 nitrogen and oxygen atoms in total. The van der Waals surface area contributed by atoms with Gasteiger partial charge in [0.15, 0.2) is 0 Å². The lowest BCUT2D eigenvalue weighted by molar-refractivity contribution is -0.117. The average molecular weight is 345 g/mol. The summed E-state index contributed by atoms with van der Waals surface area (Å²) in [6.45, 7) is 0.771. The van der Waals surface area contributed by atoms with E-state index in [0.717, 1.165) is 35.1 Å². The molecule has 26 heavy (non-hydrogen) atoms. The van der Waals surface area contributed by atoms with Crippen LogP contribution in [0.25, 0.3) is 10.9 Å². The second-order valence-corrected chi connectivity index (χ2v) is 6.42. The number of benzene rings is 2. The van der Waals surface area contributed by atoms with E-state index in [9.17, 15) is 9.59 Å². The molecule has 4 rings (SSSR count). The summed E-state index contributed by atoms with van der Waals surface area (Å²) in [4.78, 5) is 30.4. The van der Waals surface area contributed by atoms with E-state index in [4.69, 9.17) is 0 Å². The molecule has 0 radical (unpaired) electrons. The molecule has 0 unspecified atom stereocenters. The van der Waals surface area contributed by atoms with Crippen molar-refractivity contribution in [2.75, 3.05) is 16.8 Å². The molecular formula is C21H19N3O2. The van der Waals surface area contributed by atoms with Gasteiger partial charge in [0.2, 0.25) is 11.8 Å². The number of rotatable bonds is 4. The fourth-order valence-electron chi connectivity index (χ4n) is 3.30. The Hall–Kier alpha value is -3.21. The summed E-state index contributed by atoms with van der Waals surface area (Å²) in [5.74, 6) is 0.0760. The number of carbonyl (C=O) groups is 2. The number of aromatic nitrogens is 1. The van der Waals surface area contributed by atoms with Crippen molar-refractivity contribution in [2.45, 2.75) is 19.3 Å². The molecule has 0 saturated carbocycles. The van der Waals surface area contributed by atoms with E-state index in [0.29, 0.717) is 12.1 Å². The zero-order valence-electron chi connectivity index (χ0n) is 14.3. The lowest BCUT2D eigenvalue weighted by Crippen LogP contribution is -2.23. The highest BCUT2D eigenvalue weighted by Crippen LogP contribution is 2.23. The van der Waals surface area contributed by atoms with Crippen LogP contribution < -0.4 is 10.2 Å². The summed E-state index contributed by atoms with van der Waals surface area (Å²) in [5.41, 5.74) is 3.31. The van der Waals surface area contributed by atoms with Crippen molar-refractivity contribution in [1.82, 2.24) is 4.98 Å². The molecule has 130 valence electrons. The minimum Gasteiger partial charge on any atom is -0.324 e. The standard InChI is InChI=1S/C21H19N3O2/c25-19(23-18-6-1-4-16-5-2-12-22-21(16)18)14-15-8-10-17(11-9-15)24-13-3-7-20(24)26/h1-2,4-6,8-12H,3,7,13-14H2,(H,23,25). The molecule has 1 aromatic heterocycles. The number of pyridine rings is 1. The van der Waals surface area contributed by atoms with E-state index in [-0.39, 0.29) is 18.2 Å². The third-order valence-electron chi connectivity index (χ3n) is 4.59. The van der Waals surface area contributed by atoms with Gasteiger partial charge in [0.1, 0.15) is 0 Å². The molecule has 3 aromatic rings. The lowest BCUT2D eigenvalue weighted by Gasteiger charge is -2.16. The molecule has 0 bridgehead atoms. The summed E-state index contributed by atoms with van der Waals surface area (Å²) >= 11 is 0. The van der Waals surface area contributed by atoms with E-state index in [1.54, 1.807) is 11.1 Å². The fraction of sp³-hybridized carbons (Fsp3) is 0.190. The largest absolute Gasteiger partial charge is 0.324 e. The Labute approximate surface area is 151 Å². The number of nitrogens with one attached hydrogen (secondary N) is 1. The van der Waals surface area contributed by atoms with E-state index in [1.807, 2.05) is 54.6 Å². The maximum Gasteiger partial charge on any atom is 0.228 e. The zero-order valence-corrected chi connectivity index (χ0v) is 14.3. The predicted octanol–water partition coefficient (Wildman–Crippen LogP) is 3.54. The van der Waals surface area contributed by atoms with E-state index in [1.165, 1.54) is 0 Å². The van der Waals surface area contributed by atoms with Crippen molar-refractivity contribution < 1.29 is 9.59 Å². The molecule has 1 fully saturated rings. The van der Waals surface area contributed by atoms with Gasteiger partial charge in [-0.15, -0.1) is 0 Å². The molecule has 1 aliphatic rings. The number of anilines is 2. The Morgan fingerprint density at radius 1 is 1.08 bits per heavy atom. The van der Waals surface area contributed by atoms with Crippen molar-refractivity contribution in [3.63, 3.8) is 0 Å². The van der Waals surface area contributed by atoms with Crippen LogP contribution in [0.2, 0.25) is 0 Å². The van der Waals surface area contributed by atoms with Gasteiger partial charge >= 0.3 is 0 Å². The van der Waals surface area contributed by atoms with E-state index >= 15 is 0 Å². The first-order chi connectivity index (χ1) is 12.7. The van der Waals surface area contributed by atoms with Crippen LogP contribution in [0.15, 0.2) is 60.8 Å². The van der Waals surface area contributed by atoms with Crippen molar-refractivity contribution >= 4 is 34.1 Å². The first kappa shape index (κ1) is 16.3. The average Bonchev–Trinajstić information content (AvgIpc) is 3.09. The number of fused-ring (bicyclic) bond motifs is 1. The maximum absolute atomic E-state index is 12.4. The van der Waals surface area contributed by atoms with Gasteiger partial charge in [-0.3, -0.25) is 14.6 Å². The summed E-state index contributed by atoms with van der Waals surface area (Å²) in [7, 11) is 0. The smallest absolute Gasteiger partial charge is 0.228 e. The van der Waals surface area contributed by atoms with Crippen LogP contribution in [0.5, 0.6) is 0 Å². The van der Waals surface area contributed by atoms with Crippen molar-refractivity contribution in [1.29, 1.82) is 0 Å². The first-order valence-corrected chi connectivity index (χ1v) is 8.73. The molecule has 1 N–H and O–H groups in total. The molecule has 5 heteroatoms. The van der Waals surface area contributed by atoms with Crippen LogP contribution in [0, 0.1) is 0 Å². The Balaban J connectivity index is 1.45. The van der Waals surface area contributed by atoms with Crippen molar-refractivity contribution in [2.24, 2.45) is 0 Å². The monoisotopic (exact) mass is 345 g/mol. The van der Waals surface area contributed by atoms with Gasteiger partial charge in [0.25, 0.3) is 0 Å². The van der Waals surface area contributed by atoms with E-state index in [2.05, 4.69) is 10.3 Å². The second-order valence-electron chi connectivity index (χ2n) is 6.42. The number of carbonyl (C=O) groups excluding carboxylic acids is 2. The highest BCUT2D eigenvalue weighted by Gasteiger charge is 2.21. The van der Waals surface area contributed by atoms with Crippen LogP contribution in [0.1, 0.15) is 18.4 Å². The highest BCUT2D eigenvalue weighted by atomic mass is 16.2. The molecule has 2 aromatic carbocycles. The van der Waals surface area contributed by atoms with Gasteiger partial charge in [-0.1, -0.05) is 30.3 Å². The van der Waals surface area contributed by atoms with Gasteiger partial charge < -0.3 is 10.2 Å². The maximum atomic E-state index is 12.4. The van der Waals surface area contributed by atoms with E-state index < -0.39 is 0 Å². The number of hydrogen-bond acceptors (Lipinski definition) is 3. The van der Waals surface area contributed by atoms with Gasteiger partial charge in [-0.25, -0.2) is 0 Å². The normalized spacial score (nSPS) is 14.0. The fourth-order valence-corrected chi connectivity index (χ4v) is 3.30. The van der Waals surface area contributed by atoms with Crippen LogP contribution in [0.4, 0.5) is 11.4 Å². The molecule has 1 aliphatic heterocycles. The SMILES string of the molecule is O=C(Cc1ccc(N2CCCC2=O)cc1)Nc1cccc2cccnc12. The van der Waals surface area contributed by atoms with Crippen molar-refractivity contribution in [3.05, 3.63) is 66.4 Å². The molecule has 1 saturated heterocycles. The van der Waals surface area contributed by atoms with Gasteiger partial charge in [0.05, 0.1) is 17.6 Å². The van der Waals surface area contributed by atoms with Crippen molar-refractivity contribution in [3.8, 4) is 0 Å². The quantitative estimate of drug-likeness (QED) is 0.787. The van der Waals surface area contributed by atoms with Crippen LogP contribution in [-0.4, -0.2) is 23.3 Å². The Morgan fingerprint density at radius 2 is 1.88 bits per heavy atom. The third-order valence-corrected chi connectivity index (χ3v) is 4.59. The topological polar surface area (TPSA) is 62.3 Å². The minimum atomic E-state index is -0.0897. The number of nitrogens with zero attached hydrogens (tertiary/aromatic N) is 2. The molecule has 2 amide bonds. The van der Waals surface area contributed by atoms with Gasteiger partial charge in [0, 0.05) is 30.2 Å². The number of amides is 2. The first-order valence-electron chi connectivity index (χ1n) is 8.73. The Morgan fingerprint density at radius 3 is 2.65 bits per heavy atom. The zero-order chi connectivity index (χ0) is 17.9. The molecular weight excluding hydrogens is 326 g/mol. The van der Waals surface area contributed by atoms with Crippen LogP contribution in [0.3, 0.4) is 0 Å². The van der Waals surface area contributed by atoms with Crippen LogP contribution >= 0.6 is 0 Å².